The zero-order valence-electron chi connectivity index (χ0n) is 10.4. The molecule has 1 heterocycles. The maximum atomic E-state index is 5.60. The normalized spacial score (nSPS) is 11.2. The summed E-state index contributed by atoms with van der Waals surface area (Å²) in [7, 11) is 0. The summed E-state index contributed by atoms with van der Waals surface area (Å²) in [5.74, 6) is 1.16. The molecule has 0 aliphatic heterocycles. The third-order valence-electron chi connectivity index (χ3n) is 3.06. The van der Waals surface area contributed by atoms with Crippen molar-refractivity contribution in [2.24, 2.45) is 5.73 Å². The summed E-state index contributed by atoms with van der Waals surface area (Å²) in [5.41, 5.74) is 8.39. The minimum Gasteiger partial charge on any atom is -0.346 e. The van der Waals surface area contributed by atoms with Crippen molar-refractivity contribution in [2.45, 2.75) is 19.4 Å². The molecule has 0 atom stereocenters. The summed E-state index contributed by atoms with van der Waals surface area (Å²) in [6, 6.07) is 8.66. The average molecular weight is 248 g/mol. The number of hydrogen-bond donors (Lipinski definition) is 1. The molecule has 2 aromatic rings. The largest absolute Gasteiger partial charge is 0.346 e. The van der Waals surface area contributed by atoms with Crippen molar-refractivity contribution in [1.29, 1.82) is 0 Å². The van der Waals surface area contributed by atoms with Crippen molar-refractivity contribution in [2.75, 3.05) is 18.6 Å². The first-order valence-electron chi connectivity index (χ1n) is 6.12. The molecule has 1 aromatic carbocycles. The zero-order chi connectivity index (χ0) is 12.1. The lowest BCUT2D eigenvalue weighted by Gasteiger charge is -2.02. The van der Waals surface area contributed by atoms with Crippen LogP contribution in [0.5, 0.6) is 0 Å². The molecule has 17 heavy (non-hydrogen) atoms. The number of hydrogen-bond acceptors (Lipinski definition) is 2. The van der Waals surface area contributed by atoms with Gasteiger partial charge in [0.2, 0.25) is 0 Å². The predicted octanol–water partition coefficient (Wildman–Crippen LogP) is 2.90. The van der Waals surface area contributed by atoms with Crippen LogP contribution in [-0.4, -0.2) is 23.1 Å². The van der Waals surface area contributed by atoms with Crippen LogP contribution >= 0.6 is 11.8 Å². The first-order valence-corrected chi connectivity index (χ1v) is 7.52. The quantitative estimate of drug-likeness (QED) is 0.852. The molecule has 3 heteroatoms. The Morgan fingerprint density at radius 3 is 2.88 bits per heavy atom. The molecule has 0 saturated carbocycles. The van der Waals surface area contributed by atoms with Crippen molar-refractivity contribution in [1.82, 2.24) is 4.57 Å². The SMILES string of the molecule is CSCCn1cc(CCCN)c2ccccc21. The molecule has 0 bridgehead atoms. The van der Waals surface area contributed by atoms with Crippen molar-refractivity contribution in [3.63, 3.8) is 0 Å². The number of fused-ring (bicyclic) bond motifs is 1. The molecule has 0 unspecified atom stereocenters. The standard InChI is InChI=1S/C14H20N2S/c1-17-10-9-16-11-12(5-4-8-15)13-6-2-3-7-14(13)16/h2-3,6-7,11H,4-5,8-10,15H2,1H3. The second kappa shape index (κ2) is 6.12. The van der Waals surface area contributed by atoms with E-state index in [2.05, 4.69) is 41.3 Å². The smallest absolute Gasteiger partial charge is 0.0483 e. The van der Waals surface area contributed by atoms with E-state index in [1.54, 1.807) is 0 Å². The fraction of sp³-hybridized carbons (Fsp3) is 0.429. The molecule has 0 spiro atoms. The van der Waals surface area contributed by atoms with Crippen LogP contribution in [0.2, 0.25) is 0 Å². The van der Waals surface area contributed by atoms with E-state index in [0.717, 1.165) is 31.7 Å². The van der Waals surface area contributed by atoms with Gasteiger partial charge in [0.1, 0.15) is 0 Å². The molecule has 2 rings (SSSR count). The van der Waals surface area contributed by atoms with Gasteiger partial charge in [0.05, 0.1) is 0 Å². The maximum absolute atomic E-state index is 5.60. The highest BCUT2D eigenvalue weighted by atomic mass is 32.2. The predicted molar refractivity (Wildman–Crippen MR) is 77.7 cm³/mol. The number of aromatic nitrogens is 1. The van der Waals surface area contributed by atoms with Crippen LogP contribution in [0.15, 0.2) is 30.5 Å². The van der Waals surface area contributed by atoms with Crippen molar-refractivity contribution in [3.8, 4) is 0 Å². The molecule has 0 fully saturated rings. The molecular formula is C14H20N2S. The van der Waals surface area contributed by atoms with Crippen LogP contribution in [0.4, 0.5) is 0 Å². The second-order valence-corrected chi connectivity index (χ2v) is 5.24. The molecule has 0 saturated heterocycles. The van der Waals surface area contributed by atoms with Gasteiger partial charge in [-0.2, -0.15) is 11.8 Å². The Morgan fingerprint density at radius 1 is 1.29 bits per heavy atom. The summed E-state index contributed by atoms with van der Waals surface area (Å²) in [5, 5.41) is 1.39. The summed E-state index contributed by atoms with van der Waals surface area (Å²) in [4.78, 5) is 0. The molecule has 92 valence electrons. The third kappa shape index (κ3) is 2.85. The highest BCUT2D eigenvalue weighted by molar-refractivity contribution is 7.98. The molecule has 0 amide bonds. The van der Waals surface area contributed by atoms with E-state index in [0.29, 0.717) is 0 Å². The molecule has 1 aromatic heterocycles. The van der Waals surface area contributed by atoms with Crippen LogP contribution in [0, 0.1) is 0 Å². The van der Waals surface area contributed by atoms with Gasteiger partial charge in [0.25, 0.3) is 0 Å². The van der Waals surface area contributed by atoms with E-state index in [1.165, 1.54) is 16.5 Å². The lowest BCUT2D eigenvalue weighted by Crippen LogP contribution is -2.00. The Hall–Kier alpha value is -0.930. The van der Waals surface area contributed by atoms with Gasteiger partial charge in [-0.1, -0.05) is 18.2 Å². The van der Waals surface area contributed by atoms with Gasteiger partial charge >= 0.3 is 0 Å². The Balaban J connectivity index is 2.32. The number of rotatable bonds is 6. The van der Waals surface area contributed by atoms with Crippen LogP contribution < -0.4 is 5.73 Å². The topological polar surface area (TPSA) is 30.9 Å². The summed E-state index contributed by atoms with van der Waals surface area (Å²) >= 11 is 1.89. The summed E-state index contributed by atoms with van der Waals surface area (Å²) in [6.45, 7) is 1.86. The average Bonchev–Trinajstić information content (AvgIpc) is 2.72. The van der Waals surface area contributed by atoms with E-state index in [-0.39, 0.29) is 0 Å². The number of nitrogens with two attached hydrogens (primary N) is 1. The Bertz CT molecular complexity index is 434. The molecule has 0 aliphatic carbocycles. The Kier molecular flexibility index (Phi) is 4.51. The highest BCUT2D eigenvalue weighted by Gasteiger charge is 2.06. The van der Waals surface area contributed by atoms with Crippen molar-refractivity contribution < 1.29 is 0 Å². The lowest BCUT2D eigenvalue weighted by atomic mass is 10.1. The Morgan fingerprint density at radius 2 is 2.12 bits per heavy atom. The van der Waals surface area contributed by atoms with E-state index < -0.39 is 0 Å². The van der Waals surface area contributed by atoms with Gasteiger partial charge in [-0.15, -0.1) is 0 Å². The molecule has 2 nitrogen and oxygen atoms in total. The van der Waals surface area contributed by atoms with Crippen molar-refractivity contribution >= 4 is 22.7 Å². The first-order chi connectivity index (χ1) is 8.36. The number of para-hydroxylation sites is 1. The van der Waals surface area contributed by atoms with Gasteiger partial charge in [-0.05, 0) is 37.3 Å². The van der Waals surface area contributed by atoms with Crippen molar-refractivity contribution in [3.05, 3.63) is 36.0 Å². The fourth-order valence-corrected chi connectivity index (χ4v) is 2.57. The van der Waals surface area contributed by atoms with Crippen LogP contribution in [0.3, 0.4) is 0 Å². The molecule has 0 aliphatic rings. The molecular weight excluding hydrogens is 228 g/mol. The summed E-state index contributed by atoms with van der Waals surface area (Å²) < 4.78 is 2.37. The van der Waals surface area contributed by atoms with Crippen LogP contribution in [0.1, 0.15) is 12.0 Å². The number of nitrogens with zero attached hydrogens (tertiary/aromatic N) is 1. The maximum Gasteiger partial charge on any atom is 0.0483 e. The highest BCUT2D eigenvalue weighted by Crippen LogP contribution is 2.22. The van der Waals surface area contributed by atoms with Crippen LogP contribution in [-0.2, 0) is 13.0 Å². The summed E-state index contributed by atoms with van der Waals surface area (Å²) in [6.07, 6.45) is 6.61. The Labute approximate surface area is 107 Å². The minimum absolute atomic E-state index is 0.768. The zero-order valence-corrected chi connectivity index (χ0v) is 11.2. The number of benzene rings is 1. The molecule has 2 N–H and O–H groups in total. The van der Waals surface area contributed by atoms with Gasteiger partial charge in [0, 0.05) is 29.4 Å². The van der Waals surface area contributed by atoms with Gasteiger partial charge in [-0.25, -0.2) is 0 Å². The third-order valence-corrected chi connectivity index (χ3v) is 3.65. The number of aryl methyl sites for hydroxylation is 2. The number of thioether (sulfide) groups is 1. The monoisotopic (exact) mass is 248 g/mol. The van der Waals surface area contributed by atoms with Gasteiger partial charge in [0.15, 0.2) is 0 Å². The van der Waals surface area contributed by atoms with E-state index in [9.17, 15) is 0 Å². The van der Waals surface area contributed by atoms with E-state index in [4.69, 9.17) is 5.73 Å². The first kappa shape index (κ1) is 12.5. The van der Waals surface area contributed by atoms with Crippen LogP contribution in [0.25, 0.3) is 10.9 Å². The van der Waals surface area contributed by atoms with Gasteiger partial charge in [-0.3, -0.25) is 0 Å². The van der Waals surface area contributed by atoms with E-state index >= 15 is 0 Å². The van der Waals surface area contributed by atoms with Gasteiger partial charge < -0.3 is 10.3 Å². The van der Waals surface area contributed by atoms with E-state index in [1.807, 2.05) is 11.8 Å². The fourth-order valence-electron chi connectivity index (χ4n) is 2.19. The minimum atomic E-state index is 0.768. The molecule has 0 radical (unpaired) electrons. The lowest BCUT2D eigenvalue weighted by molar-refractivity contribution is 0.789. The second-order valence-electron chi connectivity index (χ2n) is 4.25.